The Bertz CT molecular complexity index is 2830. The second-order valence-corrected chi connectivity index (χ2v) is 13.1. The number of benzene rings is 8. The molecule has 0 radical (unpaired) electrons. The second-order valence-electron chi connectivity index (χ2n) is 13.1. The van der Waals surface area contributed by atoms with Crippen LogP contribution in [-0.4, -0.2) is 9.13 Å². The van der Waals surface area contributed by atoms with Crippen LogP contribution < -0.4 is 4.90 Å². The summed E-state index contributed by atoms with van der Waals surface area (Å²) in [5.41, 5.74) is 11.7. The number of fused-ring (bicyclic) bond motifs is 6. The van der Waals surface area contributed by atoms with Crippen molar-refractivity contribution in [3.05, 3.63) is 200 Å². The molecule has 3 nitrogen and oxygen atoms in total. The van der Waals surface area contributed by atoms with Crippen molar-refractivity contribution < 1.29 is 0 Å². The van der Waals surface area contributed by atoms with Crippen molar-refractivity contribution in [3.63, 3.8) is 0 Å². The molecule has 0 unspecified atom stereocenters. The molecule has 10 aromatic rings. The van der Waals surface area contributed by atoms with Crippen LogP contribution in [0.15, 0.2) is 200 Å². The lowest BCUT2D eigenvalue weighted by Gasteiger charge is -2.26. The molecule has 240 valence electrons. The molecule has 0 bridgehead atoms. The Balaban J connectivity index is 1.03. The van der Waals surface area contributed by atoms with Crippen LogP contribution in [0.1, 0.15) is 0 Å². The molecule has 0 spiro atoms. The van der Waals surface area contributed by atoms with Crippen LogP contribution in [-0.2, 0) is 0 Å². The summed E-state index contributed by atoms with van der Waals surface area (Å²) < 4.78 is 4.75. The number of nitrogens with zero attached hydrogens (tertiary/aromatic N) is 3. The number of hydrogen-bond acceptors (Lipinski definition) is 1. The molecule has 10 rings (SSSR count). The van der Waals surface area contributed by atoms with E-state index in [4.69, 9.17) is 0 Å². The van der Waals surface area contributed by atoms with E-state index in [1.165, 1.54) is 54.6 Å². The van der Waals surface area contributed by atoms with Gasteiger partial charge in [0.15, 0.2) is 0 Å². The van der Waals surface area contributed by atoms with E-state index in [-0.39, 0.29) is 0 Å². The van der Waals surface area contributed by atoms with Gasteiger partial charge in [0, 0.05) is 50.8 Å². The van der Waals surface area contributed by atoms with Crippen LogP contribution in [0.4, 0.5) is 17.1 Å². The maximum atomic E-state index is 2.41. The van der Waals surface area contributed by atoms with Gasteiger partial charge in [-0.1, -0.05) is 121 Å². The number of aromatic nitrogens is 2. The summed E-state index contributed by atoms with van der Waals surface area (Å²) in [4.78, 5) is 2.33. The van der Waals surface area contributed by atoms with Crippen molar-refractivity contribution >= 4 is 60.5 Å². The van der Waals surface area contributed by atoms with E-state index in [1.807, 2.05) is 0 Å². The van der Waals surface area contributed by atoms with Gasteiger partial charge in [0.2, 0.25) is 0 Å². The summed E-state index contributed by atoms with van der Waals surface area (Å²) in [5.74, 6) is 0. The first-order valence-electron chi connectivity index (χ1n) is 17.4. The maximum Gasteiger partial charge on any atom is 0.0788 e. The van der Waals surface area contributed by atoms with E-state index in [1.54, 1.807) is 0 Å². The van der Waals surface area contributed by atoms with Crippen LogP contribution >= 0.6 is 0 Å². The molecule has 0 saturated heterocycles. The number of anilines is 3. The first-order valence-corrected chi connectivity index (χ1v) is 17.4. The molecule has 0 fully saturated rings. The van der Waals surface area contributed by atoms with Crippen molar-refractivity contribution in [2.24, 2.45) is 0 Å². The summed E-state index contributed by atoms with van der Waals surface area (Å²) in [6.07, 6.45) is 2.20. The van der Waals surface area contributed by atoms with Crippen LogP contribution in [0.2, 0.25) is 0 Å². The third kappa shape index (κ3) is 4.90. The third-order valence-corrected chi connectivity index (χ3v) is 10.1. The molecule has 2 aromatic heterocycles. The maximum absolute atomic E-state index is 2.41. The average molecular weight is 652 g/mol. The summed E-state index contributed by atoms with van der Waals surface area (Å²) in [6, 6.07) is 69.8. The van der Waals surface area contributed by atoms with E-state index in [0.29, 0.717) is 0 Å². The highest BCUT2D eigenvalue weighted by atomic mass is 15.1. The lowest BCUT2D eigenvalue weighted by molar-refractivity contribution is 1.12. The molecular formula is C48H33N3. The van der Waals surface area contributed by atoms with Gasteiger partial charge in [-0.05, 0) is 94.7 Å². The van der Waals surface area contributed by atoms with Crippen LogP contribution in [0.5, 0.6) is 0 Å². The fourth-order valence-electron chi connectivity index (χ4n) is 7.69. The molecule has 51 heavy (non-hydrogen) atoms. The van der Waals surface area contributed by atoms with Crippen molar-refractivity contribution in [1.29, 1.82) is 0 Å². The monoisotopic (exact) mass is 651 g/mol. The predicted molar refractivity (Wildman–Crippen MR) is 215 cm³/mol. The SMILES string of the molecule is c1ccc(N(c2ccc(-c3ccc(-n4ccc5ccc6c7ccccc7n(-c7ccccc7)c6c54)cc3)cc2)c2ccc3ccccc3c2)cc1. The highest BCUT2D eigenvalue weighted by Gasteiger charge is 2.18. The normalized spacial score (nSPS) is 11.5. The summed E-state index contributed by atoms with van der Waals surface area (Å²) >= 11 is 0. The molecule has 0 aliphatic carbocycles. The van der Waals surface area contributed by atoms with Crippen molar-refractivity contribution in [3.8, 4) is 22.5 Å². The molecule has 0 saturated carbocycles. The molecule has 2 heterocycles. The number of rotatable bonds is 6. The van der Waals surface area contributed by atoms with Crippen LogP contribution in [0.3, 0.4) is 0 Å². The minimum atomic E-state index is 1.12. The quantitative estimate of drug-likeness (QED) is 0.174. The van der Waals surface area contributed by atoms with E-state index >= 15 is 0 Å². The lowest BCUT2D eigenvalue weighted by Crippen LogP contribution is -2.09. The minimum Gasteiger partial charge on any atom is -0.315 e. The minimum absolute atomic E-state index is 1.12. The molecule has 0 amide bonds. The molecule has 0 aliphatic heterocycles. The zero-order valence-electron chi connectivity index (χ0n) is 27.9. The van der Waals surface area contributed by atoms with E-state index < -0.39 is 0 Å². The van der Waals surface area contributed by atoms with Gasteiger partial charge in [-0.15, -0.1) is 0 Å². The fourth-order valence-corrected chi connectivity index (χ4v) is 7.69. The molecule has 3 heteroatoms. The zero-order chi connectivity index (χ0) is 33.7. The largest absolute Gasteiger partial charge is 0.315 e. The zero-order valence-corrected chi connectivity index (χ0v) is 27.9. The first kappa shape index (κ1) is 29.1. The first-order chi connectivity index (χ1) is 25.3. The predicted octanol–water partition coefficient (Wildman–Crippen LogP) is 13.0. The Morgan fingerprint density at radius 3 is 1.75 bits per heavy atom. The Kier molecular flexibility index (Phi) is 6.81. The Morgan fingerprint density at radius 2 is 0.961 bits per heavy atom. The average Bonchev–Trinajstić information content (AvgIpc) is 3.79. The van der Waals surface area contributed by atoms with Crippen molar-refractivity contribution in [1.82, 2.24) is 9.13 Å². The molecule has 8 aromatic carbocycles. The Morgan fingerprint density at radius 1 is 0.353 bits per heavy atom. The van der Waals surface area contributed by atoms with Gasteiger partial charge < -0.3 is 14.0 Å². The van der Waals surface area contributed by atoms with E-state index in [2.05, 4.69) is 214 Å². The van der Waals surface area contributed by atoms with E-state index in [0.717, 1.165) is 28.4 Å². The lowest BCUT2D eigenvalue weighted by atomic mass is 10.0. The third-order valence-electron chi connectivity index (χ3n) is 10.1. The van der Waals surface area contributed by atoms with Crippen LogP contribution in [0, 0.1) is 0 Å². The molecule has 0 aliphatic rings. The van der Waals surface area contributed by atoms with Gasteiger partial charge in [0.05, 0.1) is 16.6 Å². The standard InChI is InChI=1S/C48H33N3/c1-3-13-40(14-4-1)50(43-29-23-34-11-7-8-12-38(34)33-43)42-27-21-36(22-28-42)35-19-25-39(26-20-35)49-32-31-37-24-30-45-44-17-9-10-18-46(44)51(48(45)47(37)49)41-15-5-2-6-16-41/h1-33H. The van der Waals surface area contributed by atoms with Gasteiger partial charge in [0.1, 0.15) is 0 Å². The fraction of sp³-hybridized carbons (Fsp3) is 0. The van der Waals surface area contributed by atoms with Gasteiger partial charge in [-0.2, -0.15) is 0 Å². The van der Waals surface area contributed by atoms with Gasteiger partial charge >= 0.3 is 0 Å². The number of para-hydroxylation sites is 3. The Labute approximate surface area is 296 Å². The van der Waals surface area contributed by atoms with Gasteiger partial charge in [0.25, 0.3) is 0 Å². The summed E-state index contributed by atoms with van der Waals surface area (Å²) in [6.45, 7) is 0. The molecule has 0 N–H and O–H groups in total. The highest BCUT2D eigenvalue weighted by Crippen LogP contribution is 2.39. The molecular weight excluding hydrogens is 619 g/mol. The summed E-state index contributed by atoms with van der Waals surface area (Å²) in [7, 11) is 0. The van der Waals surface area contributed by atoms with Gasteiger partial charge in [-0.3, -0.25) is 0 Å². The molecule has 0 atom stereocenters. The van der Waals surface area contributed by atoms with Gasteiger partial charge in [-0.25, -0.2) is 0 Å². The smallest absolute Gasteiger partial charge is 0.0788 e. The van der Waals surface area contributed by atoms with Crippen molar-refractivity contribution in [2.75, 3.05) is 4.90 Å². The Hall–Kier alpha value is -6.84. The summed E-state index contributed by atoms with van der Waals surface area (Å²) in [5, 5.41) is 6.20. The topological polar surface area (TPSA) is 13.1 Å². The highest BCUT2D eigenvalue weighted by molar-refractivity contribution is 6.18. The van der Waals surface area contributed by atoms with Crippen molar-refractivity contribution in [2.45, 2.75) is 0 Å². The van der Waals surface area contributed by atoms with Crippen LogP contribution in [0.25, 0.3) is 66.0 Å². The second kappa shape index (κ2) is 11.9. The number of hydrogen-bond donors (Lipinski definition) is 0. The van der Waals surface area contributed by atoms with E-state index in [9.17, 15) is 0 Å².